The Morgan fingerprint density at radius 1 is 0.455 bits per heavy atom. The lowest BCUT2D eigenvalue weighted by atomic mass is 9.92. The number of methoxy groups -OCH3 is 6. The normalized spacial score (nSPS) is 15.2. The molecular weight excluding hydrogens is 554 g/mol. The number of ether oxygens (including phenoxy) is 6. The quantitative estimate of drug-likeness (QED) is 0.197. The lowest BCUT2D eigenvalue weighted by Crippen LogP contribution is -2.01. The first-order chi connectivity index (χ1) is 21.5. The molecule has 6 rings (SSSR count). The Hall–Kier alpha value is -4.91. The second-order valence-corrected chi connectivity index (χ2v) is 10.9. The molecular formula is C37H37NO6. The molecule has 3 aromatic carbocycles. The summed E-state index contributed by atoms with van der Waals surface area (Å²) >= 11 is 0. The van der Waals surface area contributed by atoms with Gasteiger partial charge in [-0.1, -0.05) is 0 Å². The van der Waals surface area contributed by atoms with Gasteiger partial charge in [0.1, 0.15) is 34.5 Å². The van der Waals surface area contributed by atoms with Crippen LogP contribution in [0, 0.1) is 0 Å². The summed E-state index contributed by atoms with van der Waals surface area (Å²) in [5, 5.41) is 0. The molecule has 0 fully saturated rings. The second-order valence-electron chi connectivity index (χ2n) is 10.9. The number of fused-ring (bicyclic) bond motifs is 2. The van der Waals surface area contributed by atoms with E-state index in [-0.39, 0.29) is 0 Å². The predicted molar refractivity (Wildman–Crippen MR) is 174 cm³/mol. The highest BCUT2D eigenvalue weighted by atomic mass is 16.5. The van der Waals surface area contributed by atoms with Crippen LogP contribution >= 0.6 is 0 Å². The van der Waals surface area contributed by atoms with E-state index in [1.165, 1.54) is 27.8 Å². The Morgan fingerprint density at radius 3 is 1.14 bits per heavy atom. The van der Waals surface area contributed by atoms with E-state index in [9.17, 15) is 0 Å². The van der Waals surface area contributed by atoms with Gasteiger partial charge in [-0.15, -0.1) is 0 Å². The molecule has 44 heavy (non-hydrogen) atoms. The largest absolute Gasteiger partial charge is 0.497 e. The monoisotopic (exact) mass is 591 g/mol. The molecule has 7 heteroatoms. The zero-order valence-corrected chi connectivity index (χ0v) is 26.1. The Bertz CT molecular complexity index is 1620. The first-order valence-electron chi connectivity index (χ1n) is 14.6. The smallest absolute Gasteiger partial charge is 0.123 e. The summed E-state index contributed by atoms with van der Waals surface area (Å²) in [6.07, 6.45) is 7.96. The van der Waals surface area contributed by atoms with E-state index in [0.29, 0.717) is 0 Å². The SMILES string of the molecule is COc1cc(/C=C2/CCc3c2nc2c(c3-c3cc(OC)cc(OC)c3)CC/C2=C\c2cc(OC)cc(OC)c2)cc(OC)c1. The molecule has 1 heterocycles. The highest BCUT2D eigenvalue weighted by Crippen LogP contribution is 2.47. The van der Waals surface area contributed by atoms with Crippen LogP contribution in [-0.2, 0) is 12.8 Å². The third-order valence-electron chi connectivity index (χ3n) is 8.37. The van der Waals surface area contributed by atoms with Crippen LogP contribution in [0.4, 0.5) is 0 Å². The zero-order chi connectivity index (χ0) is 30.8. The Labute approximate surface area is 258 Å². The van der Waals surface area contributed by atoms with Gasteiger partial charge in [0.2, 0.25) is 0 Å². The van der Waals surface area contributed by atoms with Gasteiger partial charge in [0.05, 0.1) is 54.0 Å². The number of pyridine rings is 1. The minimum absolute atomic E-state index is 0.749. The van der Waals surface area contributed by atoms with E-state index in [1.54, 1.807) is 42.7 Å². The minimum atomic E-state index is 0.749. The molecule has 0 unspecified atom stereocenters. The summed E-state index contributed by atoms with van der Waals surface area (Å²) in [6.45, 7) is 0. The summed E-state index contributed by atoms with van der Waals surface area (Å²) in [4.78, 5) is 5.41. The average Bonchev–Trinajstić information content (AvgIpc) is 3.66. The van der Waals surface area contributed by atoms with Crippen molar-refractivity contribution in [3.63, 3.8) is 0 Å². The van der Waals surface area contributed by atoms with Gasteiger partial charge in [0.15, 0.2) is 0 Å². The maximum Gasteiger partial charge on any atom is 0.123 e. The van der Waals surface area contributed by atoms with Gasteiger partial charge in [-0.05, 0) is 119 Å². The van der Waals surface area contributed by atoms with Crippen LogP contribution in [0.3, 0.4) is 0 Å². The van der Waals surface area contributed by atoms with Crippen LogP contribution in [-0.4, -0.2) is 47.6 Å². The van der Waals surface area contributed by atoms with Crippen LogP contribution < -0.4 is 28.4 Å². The van der Waals surface area contributed by atoms with E-state index in [4.69, 9.17) is 33.4 Å². The number of benzene rings is 3. The van der Waals surface area contributed by atoms with Crippen molar-refractivity contribution in [1.82, 2.24) is 4.98 Å². The predicted octanol–water partition coefficient (Wildman–Crippen LogP) is 7.77. The molecule has 0 spiro atoms. The van der Waals surface area contributed by atoms with Crippen molar-refractivity contribution in [2.75, 3.05) is 42.7 Å². The maximum atomic E-state index is 5.68. The Balaban J connectivity index is 1.56. The first-order valence-corrected chi connectivity index (χ1v) is 14.6. The lowest BCUT2D eigenvalue weighted by Gasteiger charge is -2.17. The van der Waals surface area contributed by atoms with Gasteiger partial charge in [-0.3, -0.25) is 0 Å². The van der Waals surface area contributed by atoms with Gasteiger partial charge in [-0.2, -0.15) is 0 Å². The number of hydrogen-bond acceptors (Lipinski definition) is 7. The van der Waals surface area contributed by atoms with Gasteiger partial charge in [-0.25, -0.2) is 4.98 Å². The number of allylic oxidation sites excluding steroid dienone is 2. The van der Waals surface area contributed by atoms with Crippen LogP contribution in [0.15, 0.2) is 54.6 Å². The molecule has 0 saturated heterocycles. The third kappa shape index (κ3) is 5.57. The fraction of sp³-hybridized carbons (Fsp3) is 0.270. The van der Waals surface area contributed by atoms with E-state index in [1.807, 2.05) is 42.5 Å². The topological polar surface area (TPSA) is 68.3 Å². The summed E-state index contributed by atoms with van der Waals surface area (Å²) in [5.41, 5.74) is 11.2. The number of aromatic nitrogens is 1. The molecule has 2 aliphatic rings. The summed E-state index contributed by atoms with van der Waals surface area (Å²) in [5.74, 6) is 4.51. The van der Waals surface area contributed by atoms with Crippen molar-refractivity contribution in [2.45, 2.75) is 25.7 Å². The van der Waals surface area contributed by atoms with E-state index < -0.39 is 0 Å². The Kier molecular flexibility index (Phi) is 8.20. The second kappa shape index (κ2) is 12.4. The molecule has 4 aromatic rings. The van der Waals surface area contributed by atoms with E-state index in [2.05, 4.69) is 24.3 Å². The fourth-order valence-electron chi connectivity index (χ4n) is 6.25. The molecule has 0 atom stereocenters. The number of nitrogens with zero attached hydrogens (tertiary/aromatic N) is 1. The van der Waals surface area contributed by atoms with Crippen LogP contribution in [0.25, 0.3) is 34.4 Å². The summed E-state index contributed by atoms with van der Waals surface area (Å²) in [6, 6.07) is 18.0. The summed E-state index contributed by atoms with van der Waals surface area (Å²) in [7, 11) is 10.0. The van der Waals surface area contributed by atoms with E-state index >= 15 is 0 Å². The minimum Gasteiger partial charge on any atom is -0.497 e. The molecule has 0 radical (unpaired) electrons. The van der Waals surface area contributed by atoms with E-state index in [0.717, 1.165) is 88.3 Å². The van der Waals surface area contributed by atoms with Crippen LogP contribution in [0.2, 0.25) is 0 Å². The molecule has 2 aliphatic carbocycles. The zero-order valence-electron chi connectivity index (χ0n) is 26.1. The molecule has 0 aliphatic heterocycles. The van der Waals surface area contributed by atoms with Crippen molar-refractivity contribution in [3.05, 3.63) is 88.2 Å². The lowest BCUT2D eigenvalue weighted by molar-refractivity contribution is 0.394. The molecule has 0 amide bonds. The van der Waals surface area contributed by atoms with Gasteiger partial charge < -0.3 is 28.4 Å². The third-order valence-corrected chi connectivity index (χ3v) is 8.37. The first kappa shape index (κ1) is 29.2. The molecule has 0 bridgehead atoms. The van der Waals surface area contributed by atoms with Crippen LogP contribution in [0.5, 0.6) is 34.5 Å². The number of rotatable bonds is 9. The number of hydrogen-bond donors (Lipinski definition) is 0. The fourth-order valence-corrected chi connectivity index (χ4v) is 6.25. The highest BCUT2D eigenvalue weighted by Gasteiger charge is 2.31. The molecule has 1 aromatic heterocycles. The van der Waals surface area contributed by atoms with Crippen molar-refractivity contribution < 1.29 is 28.4 Å². The highest BCUT2D eigenvalue weighted by molar-refractivity contribution is 5.94. The Morgan fingerprint density at radius 2 is 0.795 bits per heavy atom. The van der Waals surface area contributed by atoms with Crippen molar-refractivity contribution >= 4 is 23.3 Å². The van der Waals surface area contributed by atoms with Crippen molar-refractivity contribution in [3.8, 4) is 45.6 Å². The average molecular weight is 592 g/mol. The van der Waals surface area contributed by atoms with Gasteiger partial charge in [0, 0.05) is 18.2 Å². The maximum absolute atomic E-state index is 5.68. The van der Waals surface area contributed by atoms with Crippen molar-refractivity contribution in [1.29, 1.82) is 0 Å². The standard InChI is InChI=1S/C37H37NO6/c1-39-27-13-22(14-28(19-27)40-2)11-24-7-9-33-35(26-17-31(43-5)21-32(18-26)44-6)34-10-8-25(37(34)38-36(24)33)12-23-15-29(41-3)20-30(16-23)42-4/h11-21H,7-10H2,1-6H3/b24-11-,25-12+. The van der Waals surface area contributed by atoms with Gasteiger partial charge >= 0.3 is 0 Å². The van der Waals surface area contributed by atoms with Crippen molar-refractivity contribution in [2.24, 2.45) is 0 Å². The van der Waals surface area contributed by atoms with Crippen LogP contribution in [0.1, 0.15) is 46.5 Å². The molecule has 0 N–H and O–H groups in total. The van der Waals surface area contributed by atoms with Gasteiger partial charge in [0.25, 0.3) is 0 Å². The molecule has 0 saturated carbocycles. The summed E-state index contributed by atoms with van der Waals surface area (Å²) < 4.78 is 33.5. The molecule has 7 nitrogen and oxygen atoms in total. The molecule has 226 valence electrons.